The molecule has 320 valence electrons. The molecule has 2 aliphatic carbocycles. The van der Waals surface area contributed by atoms with Gasteiger partial charge in [0, 0.05) is 68.0 Å². The second-order valence-corrected chi connectivity index (χ2v) is 19.5. The van der Waals surface area contributed by atoms with E-state index in [1.54, 1.807) is 31.6 Å². The number of esters is 1. The van der Waals surface area contributed by atoms with E-state index in [0.29, 0.717) is 36.5 Å². The van der Waals surface area contributed by atoms with Gasteiger partial charge in [0.25, 0.3) is 0 Å². The van der Waals surface area contributed by atoms with Crippen LogP contribution >= 0.6 is 21.6 Å². The van der Waals surface area contributed by atoms with Crippen molar-refractivity contribution in [3.05, 3.63) is 71.5 Å². The van der Waals surface area contributed by atoms with E-state index >= 15 is 0 Å². The van der Waals surface area contributed by atoms with Crippen LogP contribution in [0, 0.1) is 11.3 Å². The first-order valence-electron chi connectivity index (χ1n) is 21.2. The summed E-state index contributed by atoms with van der Waals surface area (Å²) >= 11 is 0. The minimum absolute atomic E-state index is 0.0733. The zero-order valence-corrected chi connectivity index (χ0v) is 36.1. The molecule has 0 radical (unpaired) electrons. The van der Waals surface area contributed by atoms with Gasteiger partial charge in [-0.05, 0) is 92.0 Å². The highest BCUT2D eigenvalue weighted by molar-refractivity contribution is 8.77. The first-order valence-corrected chi connectivity index (χ1v) is 23.6. The van der Waals surface area contributed by atoms with Gasteiger partial charge in [0.05, 0.1) is 24.4 Å². The van der Waals surface area contributed by atoms with Crippen LogP contribution in [0.15, 0.2) is 59.9 Å². The van der Waals surface area contributed by atoms with Crippen LogP contribution in [-0.2, 0) is 27.1 Å². The Morgan fingerprint density at radius 3 is 2.76 bits per heavy atom. The standard InChI is InChI=1S/C45H60N4O8S2/c1-4-5-6-17-45-24-30-11-13-34(51)38(20-30)56-32-10-7-16-44(25-32,49-43(46)47-3)27-58-59-40(45)14-12-33-37(55-28(2)50)23-36(57-42(33)45)31-21-35(52)41(53)39(22-31)54-19-15-29-9-8-18-48-26-29/h8-9,11,13,18,20-22,26,32-33,36-37,40,42,51-53H,4-7,10,12,14-17,19,23-25,27H2,1-3H3,(H3,46,47,49)/t32-,33+,36+,37+,40-,42-,44-,45-/m1/s1. The summed E-state index contributed by atoms with van der Waals surface area (Å²) in [6.45, 7) is 3.94. The molecule has 3 aromatic rings. The van der Waals surface area contributed by atoms with E-state index in [9.17, 15) is 20.1 Å². The largest absolute Gasteiger partial charge is 0.504 e. The summed E-state index contributed by atoms with van der Waals surface area (Å²) in [5.74, 6) is 0.867. The summed E-state index contributed by atoms with van der Waals surface area (Å²) in [5, 5.41) is 36.9. The van der Waals surface area contributed by atoms with E-state index in [1.165, 1.54) is 13.0 Å². The monoisotopic (exact) mass is 848 g/mol. The minimum Gasteiger partial charge on any atom is -0.504 e. The molecule has 3 heterocycles. The summed E-state index contributed by atoms with van der Waals surface area (Å²) in [5.41, 5.74) is 8.26. The number of nitrogens with two attached hydrogens (primary N) is 1. The maximum Gasteiger partial charge on any atom is 0.302 e. The number of pyridine rings is 1. The van der Waals surface area contributed by atoms with Gasteiger partial charge in [0.1, 0.15) is 12.2 Å². The van der Waals surface area contributed by atoms with Crippen molar-refractivity contribution in [2.45, 2.75) is 133 Å². The van der Waals surface area contributed by atoms with Gasteiger partial charge in [-0.3, -0.25) is 14.8 Å². The number of rotatable bonds is 11. The van der Waals surface area contributed by atoms with E-state index in [-0.39, 0.29) is 64.5 Å². The number of phenols is 3. The molecule has 0 unspecified atom stereocenters. The Bertz CT molecular complexity index is 1940. The van der Waals surface area contributed by atoms with Crippen LogP contribution in [-0.4, -0.2) is 80.7 Å². The molecule has 7 rings (SSSR count). The molecular formula is C45H60N4O8S2. The number of hydrogen-bond acceptors (Lipinski definition) is 12. The van der Waals surface area contributed by atoms with Crippen molar-refractivity contribution in [2.75, 3.05) is 19.4 Å². The number of carbonyl (C=O) groups is 1. The zero-order chi connectivity index (χ0) is 41.6. The molecular weight excluding hydrogens is 789 g/mol. The average molecular weight is 849 g/mol. The van der Waals surface area contributed by atoms with E-state index < -0.39 is 17.6 Å². The maximum atomic E-state index is 12.8. The summed E-state index contributed by atoms with van der Waals surface area (Å²) in [6.07, 6.45) is 12.8. The molecule has 2 aromatic carbocycles. The molecule has 0 spiro atoms. The number of carbonyl (C=O) groups excluding carboxylic acids is 1. The fourth-order valence-electron chi connectivity index (χ4n) is 9.95. The number of phenolic OH excluding ortho intramolecular Hbond substituents is 3. The maximum absolute atomic E-state index is 12.8. The summed E-state index contributed by atoms with van der Waals surface area (Å²) in [4.78, 5) is 21.3. The molecule has 0 amide bonds. The second-order valence-electron chi connectivity index (χ2n) is 16.9. The smallest absolute Gasteiger partial charge is 0.302 e. The van der Waals surface area contributed by atoms with Gasteiger partial charge in [-0.1, -0.05) is 59.9 Å². The van der Waals surface area contributed by atoms with Gasteiger partial charge < -0.3 is 45.3 Å². The zero-order valence-electron chi connectivity index (χ0n) is 34.4. The Morgan fingerprint density at radius 1 is 1.12 bits per heavy atom. The summed E-state index contributed by atoms with van der Waals surface area (Å²) in [6, 6.07) is 12.9. The quantitative estimate of drug-likeness (QED) is 0.0312. The molecule has 1 saturated heterocycles. The van der Waals surface area contributed by atoms with Crippen LogP contribution in [0.5, 0.6) is 28.7 Å². The molecule has 4 aliphatic rings. The fourth-order valence-corrected chi connectivity index (χ4v) is 13.7. The van der Waals surface area contributed by atoms with E-state index in [2.05, 4.69) is 22.2 Å². The molecule has 4 bridgehead atoms. The lowest BCUT2D eigenvalue weighted by Gasteiger charge is -2.57. The highest BCUT2D eigenvalue weighted by Gasteiger charge is 2.58. The number of guanidine groups is 1. The number of hydrogen-bond donors (Lipinski definition) is 5. The molecule has 14 heteroatoms. The lowest BCUT2D eigenvalue weighted by atomic mass is 9.59. The number of unbranched alkanes of at least 4 members (excludes halogenated alkanes) is 2. The highest BCUT2D eigenvalue weighted by atomic mass is 33.1. The van der Waals surface area contributed by atoms with Crippen LogP contribution < -0.4 is 20.5 Å². The number of aliphatic imine (C=N–C) groups is 1. The normalized spacial score (nSPS) is 29.6. The van der Waals surface area contributed by atoms with Crippen LogP contribution in [0.25, 0.3) is 0 Å². The van der Waals surface area contributed by atoms with Crippen molar-refractivity contribution in [3.8, 4) is 28.7 Å². The number of ether oxygens (including phenoxy) is 4. The van der Waals surface area contributed by atoms with E-state index in [4.69, 9.17) is 24.7 Å². The van der Waals surface area contributed by atoms with E-state index in [1.807, 2.05) is 45.9 Å². The number of nitrogens with zero attached hydrogens (tertiary/aromatic N) is 2. The summed E-state index contributed by atoms with van der Waals surface area (Å²) < 4.78 is 26.4. The van der Waals surface area contributed by atoms with Gasteiger partial charge in [-0.2, -0.15) is 0 Å². The predicted octanol–water partition coefficient (Wildman–Crippen LogP) is 8.16. The van der Waals surface area contributed by atoms with Crippen molar-refractivity contribution in [1.82, 2.24) is 10.3 Å². The first-order chi connectivity index (χ1) is 28.5. The van der Waals surface area contributed by atoms with Gasteiger partial charge in [-0.15, -0.1) is 0 Å². The third-order valence-corrected chi connectivity index (χ3v) is 16.0. The van der Waals surface area contributed by atoms with Gasteiger partial charge in [0.2, 0.25) is 5.75 Å². The predicted molar refractivity (Wildman–Crippen MR) is 232 cm³/mol. The van der Waals surface area contributed by atoms with Crippen molar-refractivity contribution >= 4 is 33.5 Å². The van der Waals surface area contributed by atoms with Crippen LogP contribution in [0.3, 0.4) is 0 Å². The van der Waals surface area contributed by atoms with Crippen molar-refractivity contribution in [1.29, 1.82) is 0 Å². The Morgan fingerprint density at radius 2 is 1.98 bits per heavy atom. The highest BCUT2D eigenvalue weighted by Crippen LogP contribution is 2.59. The SMILES string of the molecule is CCCCC[C@@]12Cc3ccc(O)c(c3)O[C@@H]3CCC[C@](NC(N)=NC)(CSS[C@@H]1CC[C@H]1[C@@H](OC(C)=O)C[C@@H](c4cc(O)c(O)c(OCCc5cccnc5)c4)O[C@H]12)C3. The Hall–Kier alpha value is -4.01. The molecule has 2 saturated carbocycles. The Labute approximate surface area is 355 Å². The minimum atomic E-state index is -0.571. The number of aromatic hydroxyl groups is 3. The number of nitrogens with one attached hydrogen (secondary N) is 1. The third-order valence-electron chi connectivity index (χ3n) is 12.8. The topological polar surface area (TPSA) is 178 Å². The molecule has 3 fully saturated rings. The van der Waals surface area contributed by atoms with Crippen molar-refractivity contribution in [3.63, 3.8) is 0 Å². The van der Waals surface area contributed by atoms with Gasteiger partial charge in [0.15, 0.2) is 29.0 Å². The van der Waals surface area contributed by atoms with E-state index in [0.717, 1.165) is 81.1 Å². The van der Waals surface area contributed by atoms with Gasteiger partial charge >= 0.3 is 5.97 Å². The number of aromatic nitrogens is 1. The molecule has 2 aliphatic heterocycles. The Balaban J connectivity index is 1.28. The molecule has 6 N–H and O–H groups in total. The second kappa shape index (κ2) is 19.1. The number of benzene rings is 2. The van der Waals surface area contributed by atoms with Crippen molar-refractivity contribution in [2.24, 2.45) is 22.1 Å². The van der Waals surface area contributed by atoms with Crippen molar-refractivity contribution < 1.29 is 39.1 Å². The van der Waals surface area contributed by atoms with Crippen LogP contribution in [0.1, 0.15) is 107 Å². The lowest BCUT2D eigenvalue weighted by molar-refractivity contribution is -0.212. The van der Waals surface area contributed by atoms with Crippen LogP contribution in [0.4, 0.5) is 0 Å². The van der Waals surface area contributed by atoms with Gasteiger partial charge in [-0.25, -0.2) is 0 Å². The first kappa shape index (κ1) is 43.1. The average Bonchev–Trinajstić information content (AvgIpc) is 3.22. The number of fused-ring (bicyclic) bond motifs is 7. The Kier molecular flexibility index (Phi) is 14.0. The summed E-state index contributed by atoms with van der Waals surface area (Å²) in [7, 11) is 5.50. The third kappa shape index (κ3) is 9.97. The molecule has 59 heavy (non-hydrogen) atoms. The molecule has 8 atom stereocenters. The fraction of sp³-hybridized carbons (Fsp3) is 0.578. The molecule has 12 nitrogen and oxygen atoms in total. The molecule has 1 aromatic heterocycles. The lowest BCUT2D eigenvalue weighted by Crippen LogP contribution is -2.59. The van der Waals surface area contributed by atoms with Crippen LogP contribution in [0.2, 0.25) is 0 Å².